The number of thiol groups is 2. The second-order valence-corrected chi connectivity index (χ2v) is 3.66. The molecule has 0 radical (unpaired) electrons. The molecule has 0 aromatic heterocycles. The largest absolute Gasteiger partial charge is 0.394 e. The molecule has 0 amide bonds. The van der Waals surface area contributed by atoms with Crippen molar-refractivity contribution in [2.24, 2.45) is 0 Å². The highest BCUT2D eigenvalue weighted by Crippen LogP contribution is 2.17. The first-order chi connectivity index (χ1) is 6.80. The fourth-order valence-electron chi connectivity index (χ4n) is 0.906. The maximum Gasteiger partial charge on any atom is 0.304 e. The summed E-state index contributed by atoms with van der Waals surface area (Å²) in [5.41, 5.74) is 0.973. The molecule has 0 aliphatic heterocycles. The van der Waals surface area contributed by atoms with Gasteiger partial charge in [-0.25, -0.2) is 0 Å². The zero-order chi connectivity index (χ0) is 10.4. The number of thioether (sulfide) groups is 1. The first-order valence-electron chi connectivity index (χ1n) is 3.78. The van der Waals surface area contributed by atoms with Crippen LogP contribution in [-0.2, 0) is 8.37 Å². The Hall–Kier alpha value is -0.390. The van der Waals surface area contributed by atoms with Crippen molar-refractivity contribution >= 4 is 43.7 Å². The normalized spacial score (nSPS) is 9.36. The van der Waals surface area contributed by atoms with E-state index in [1.807, 2.05) is 30.5 Å². The van der Waals surface area contributed by atoms with Crippen molar-refractivity contribution in [2.45, 2.75) is 4.90 Å². The lowest BCUT2D eigenvalue weighted by Crippen LogP contribution is -1.81. The highest BCUT2D eigenvalue weighted by molar-refractivity contribution is 7.98. The van der Waals surface area contributed by atoms with E-state index in [4.69, 9.17) is 0 Å². The van der Waals surface area contributed by atoms with Crippen LogP contribution in [0.3, 0.4) is 0 Å². The zero-order valence-corrected chi connectivity index (χ0v) is 10.1. The first kappa shape index (κ1) is 11.7. The standard InChI is InChI=1S/C9H10O2S3/c1-14-8-4-2-7(3-5-8)6-9(10-12)11-13/h2-6,12-13H,1H3. The Morgan fingerprint density at radius 1 is 1.21 bits per heavy atom. The smallest absolute Gasteiger partial charge is 0.304 e. The third-order valence-corrected chi connectivity index (χ3v) is 2.68. The molecule has 1 rings (SSSR count). The van der Waals surface area contributed by atoms with Crippen molar-refractivity contribution in [1.29, 1.82) is 0 Å². The van der Waals surface area contributed by atoms with Crippen LogP contribution in [0, 0.1) is 0 Å². The minimum Gasteiger partial charge on any atom is -0.394 e. The number of hydrogen-bond donors (Lipinski definition) is 2. The molecule has 0 bridgehead atoms. The van der Waals surface area contributed by atoms with Crippen LogP contribution in [0.5, 0.6) is 0 Å². The summed E-state index contributed by atoms with van der Waals surface area (Å²) in [5, 5.41) is 0. The van der Waals surface area contributed by atoms with Gasteiger partial charge in [0, 0.05) is 36.8 Å². The second-order valence-electron chi connectivity index (χ2n) is 2.42. The summed E-state index contributed by atoms with van der Waals surface area (Å²) < 4.78 is 9.22. The molecular weight excluding hydrogens is 236 g/mol. The number of rotatable bonds is 4. The molecule has 0 spiro atoms. The van der Waals surface area contributed by atoms with E-state index in [2.05, 4.69) is 34.2 Å². The monoisotopic (exact) mass is 246 g/mol. The van der Waals surface area contributed by atoms with Crippen LogP contribution >= 0.6 is 37.6 Å². The summed E-state index contributed by atoms with van der Waals surface area (Å²) in [6, 6.07) is 7.97. The predicted molar refractivity (Wildman–Crippen MR) is 66.3 cm³/mol. The van der Waals surface area contributed by atoms with Crippen molar-refractivity contribution in [3.63, 3.8) is 0 Å². The summed E-state index contributed by atoms with van der Waals surface area (Å²) >= 11 is 8.93. The molecule has 0 N–H and O–H groups in total. The van der Waals surface area contributed by atoms with Crippen LogP contribution in [0.4, 0.5) is 0 Å². The molecule has 0 aliphatic carbocycles. The quantitative estimate of drug-likeness (QED) is 0.367. The lowest BCUT2D eigenvalue weighted by Gasteiger charge is -2.01. The Balaban J connectivity index is 2.81. The highest BCUT2D eigenvalue weighted by atomic mass is 32.2. The molecule has 0 saturated carbocycles. The SMILES string of the molecule is CSc1ccc(C=C(OS)OS)cc1. The predicted octanol–water partition coefficient (Wildman–Crippen LogP) is 3.43. The summed E-state index contributed by atoms with van der Waals surface area (Å²) in [7, 11) is 0. The lowest BCUT2D eigenvalue weighted by atomic mass is 10.2. The van der Waals surface area contributed by atoms with E-state index in [1.54, 1.807) is 17.8 Å². The average Bonchev–Trinajstić information content (AvgIpc) is 2.26. The molecule has 0 saturated heterocycles. The molecule has 0 atom stereocenters. The van der Waals surface area contributed by atoms with Gasteiger partial charge in [0.05, 0.1) is 0 Å². The van der Waals surface area contributed by atoms with E-state index >= 15 is 0 Å². The van der Waals surface area contributed by atoms with Crippen molar-refractivity contribution in [3.05, 3.63) is 35.8 Å². The summed E-state index contributed by atoms with van der Waals surface area (Å²) in [6.07, 6.45) is 3.73. The lowest BCUT2D eigenvalue weighted by molar-refractivity contribution is 0.299. The zero-order valence-electron chi connectivity index (χ0n) is 7.51. The van der Waals surface area contributed by atoms with E-state index in [0.29, 0.717) is 0 Å². The third-order valence-electron chi connectivity index (χ3n) is 1.58. The fraction of sp³-hybridized carbons (Fsp3) is 0.111. The van der Waals surface area contributed by atoms with E-state index in [0.717, 1.165) is 5.56 Å². The van der Waals surface area contributed by atoms with Crippen molar-refractivity contribution in [3.8, 4) is 0 Å². The molecule has 0 aliphatic rings. The molecule has 5 heteroatoms. The molecule has 0 heterocycles. The van der Waals surface area contributed by atoms with Gasteiger partial charge in [-0.2, -0.15) is 0 Å². The van der Waals surface area contributed by atoms with Gasteiger partial charge >= 0.3 is 5.95 Å². The molecule has 14 heavy (non-hydrogen) atoms. The topological polar surface area (TPSA) is 18.5 Å². The second kappa shape index (κ2) is 6.16. The Bertz CT molecular complexity index is 302. The first-order valence-corrected chi connectivity index (χ1v) is 5.74. The molecular formula is C9H10O2S3. The Morgan fingerprint density at radius 2 is 1.79 bits per heavy atom. The molecule has 0 unspecified atom stereocenters. The van der Waals surface area contributed by atoms with Crippen molar-refractivity contribution < 1.29 is 8.37 Å². The Labute approximate surface area is 98.9 Å². The third kappa shape index (κ3) is 3.40. The van der Waals surface area contributed by atoms with Gasteiger partial charge in [-0.05, 0) is 24.0 Å². The summed E-state index contributed by atoms with van der Waals surface area (Å²) in [4.78, 5) is 1.21. The van der Waals surface area contributed by atoms with Gasteiger partial charge in [-0.15, -0.1) is 11.8 Å². The van der Waals surface area contributed by atoms with Gasteiger partial charge < -0.3 is 8.37 Å². The summed E-state index contributed by atoms with van der Waals surface area (Å²) in [5.74, 6) is 0.244. The van der Waals surface area contributed by atoms with E-state index in [-0.39, 0.29) is 5.95 Å². The van der Waals surface area contributed by atoms with E-state index < -0.39 is 0 Å². The molecule has 2 nitrogen and oxygen atoms in total. The van der Waals surface area contributed by atoms with Gasteiger partial charge in [-0.1, -0.05) is 12.1 Å². The highest BCUT2D eigenvalue weighted by Gasteiger charge is 1.96. The molecule has 1 aromatic rings. The van der Waals surface area contributed by atoms with Crippen LogP contribution in [-0.4, -0.2) is 6.26 Å². The van der Waals surface area contributed by atoms with Crippen LogP contribution in [0.1, 0.15) is 5.56 Å². The van der Waals surface area contributed by atoms with E-state index in [9.17, 15) is 0 Å². The molecule has 76 valence electrons. The maximum absolute atomic E-state index is 4.61. The van der Waals surface area contributed by atoms with Gasteiger partial charge in [0.2, 0.25) is 0 Å². The van der Waals surface area contributed by atoms with Crippen LogP contribution < -0.4 is 0 Å². The molecule has 1 aromatic carbocycles. The van der Waals surface area contributed by atoms with Gasteiger partial charge in [0.25, 0.3) is 0 Å². The minimum atomic E-state index is 0.244. The Morgan fingerprint density at radius 3 is 2.21 bits per heavy atom. The fourth-order valence-corrected chi connectivity index (χ4v) is 1.55. The molecule has 0 fully saturated rings. The minimum absolute atomic E-state index is 0.244. The maximum atomic E-state index is 4.61. The van der Waals surface area contributed by atoms with Crippen molar-refractivity contribution in [1.82, 2.24) is 0 Å². The van der Waals surface area contributed by atoms with Gasteiger partial charge in [0.15, 0.2) is 0 Å². The summed E-state index contributed by atoms with van der Waals surface area (Å²) in [6.45, 7) is 0. The average molecular weight is 246 g/mol. The van der Waals surface area contributed by atoms with Gasteiger partial charge in [-0.3, -0.25) is 0 Å². The number of benzene rings is 1. The van der Waals surface area contributed by atoms with Crippen molar-refractivity contribution in [2.75, 3.05) is 6.26 Å². The van der Waals surface area contributed by atoms with E-state index in [1.165, 1.54) is 4.90 Å². The Kier molecular flexibility index (Phi) is 5.14. The van der Waals surface area contributed by atoms with Crippen LogP contribution in [0.25, 0.3) is 6.08 Å². The van der Waals surface area contributed by atoms with Crippen LogP contribution in [0.15, 0.2) is 35.1 Å². The van der Waals surface area contributed by atoms with Gasteiger partial charge in [0.1, 0.15) is 0 Å². The number of hydrogen-bond acceptors (Lipinski definition) is 5. The van der Waals surface area contributed by atoms with Crippen LogP contribution in [0.2, 0.25) is 0 Å².